The van der Waals surface area contributed by atoms with E-state index in [2.05, 4.69) is 10.0 Å². The highest BCUT2D eigenvalue weighted by Crippen LogP contribution is 2.30. The Morgan fingerprint density at radius 3 is 1.67 bits per heavy atom. The molecule has 3 aromatic rings. The van der Waals surface area contributed by atoms with Gasteiger partial charge in [0.15, 0.2) is 0 Å². The molecular weight excluding hydrogens is 356 g/mol. The molecule has 0 amide bonds. The lowest BCUT2D eigenvalue weighted by molar-refractivity contribution is 0.451. The topological polar surface area (TPSA) is 58.2 Å². The van der Waals surface area contributed by atoms with Crippen LogP contribution >= 0.6 is 0 Å². The molecule has 140 valence electrons. The molecule has 2 N–H and O–H groups in total. The summed E-state index contributed by atoms with van der Waals surface area (Å²) < 4.78 is 29.0. The molecule has 0 aliphatic rings. The summed E-state index contributed by atoms with van der Waals surface area (Å²) in [6.45, 7) is 1.93. The highest BCUT2D eigenvalue weighted by atomic mass is 32.2. The Morgan fingerprint density at radius 1 is 0.704 bits per heavy atom. The van der Waals surface area contributed by atoms with Gasteiger partial charge in [0.2, 0.25) is 10.0 Å². The summed E-state index contributed by atoms with van der Waals surface area (Å²) in [7, 11) is -1.84. The minimum absolute atomic E-state index is 0.214. The number of nitrogens with one attached hydrogen (secondary N) is 2. The normalized spacial score (nSPS) is 13.9. The van der Waals surface area contributed by atoms with Crippen molar-refractivity contribution in [3.63, 3.8) is 0 Å². The Balaban J connectivity index is 2.01. The minimum Gasteiger partial charge on any atom is -0.311 e. The summed E-state index contributed by atoms with van der Waals surface area (Å²) in [5.74, 6) is 0. The quantitative estimate of drug-likeness (QED) is 0.652. The standard InChI is InChI=1S/C22H24N2O2S/c1-17-13-15-20(16-14-17)27(25,26)24-22(19-11-7-4-8-12-19)21(23-2)18-9-5-3-6-10-18/h3-16,21-24H,1-2H3/t21-,22?/m1/s1. The van der Waals surface area contributed by atoms with Gasteiger partial charge in [-0.1, -0.05) is 78.4 Å². The maximum Gasteiger partial charge on any atom is 0.241 e. The van der Waals surface area contributed by atoms with Gasteiger partial charge in [-0.2, -0.15) is 0 Å². The maximum absolute atomic E-state index is 13.0. The van der Waals surface area contributed by atoms with Crippen molar-refractivity contribution >= 4 is 10.0 Å². The zero-order chi connectivity index (χ0) is 19.3. The molecule has 0 aliphatic heterocycles. The molecule has 4 nitrogen and oxygen atoms in total. The largest absolute Gasteiger partial charge is 0.311 e. The van der Waals surface area contributed by atoms with Crippen molar-refractivity contribution in [2.75, 3.05) is 7.05 Å². The van der Waals surface area contributed by atoms with E-state index < -0.39 is 16.1 Å². The molecule has 1 unspecified atom stereocenters. The van der Waals surface area contributed by atoms with Crippen LogP contribution in [-0.4, -0.2) is 15.5 Å². The lowest BCUT2D eigenvalue weighted by Gasteiger charge is -2.28. The number of hydrogen-bond donors (Lipinski definition) is 2. The van der Waals surface area contributed by atoms with Crippen LogP contribution in [0.5, 0.6) is 0 Å². The van der Waals surface area contributed by atoms with Gasteiger partial charge < -0.3 is 5.32 Å². The molecule has 0 aliphatic carbocycles. The third kappa shape index (κ3) is 4.63. The number of likely N-dealkylation sites (N-methyl/N-ethyl adjacent to an activating group) is 1. The molecule has 0 saturated carbocycles. The van der Waals surface area contributed by atoms with E-state index in [1.54, 1.807) is 24.3 Å². The Hall–Kier alpha value is -2.47. The second kappa shape index (κ2) is 8.48. The number of aryl methyl sites for hydroxylation is 1. The minimum atomic E-state index is -3.68. The van der Waals surface area contributed by atoms with Crippen LogP contribution in [0.3, 0.4) is 0 Å². The monoisotopic (exact) mass is 380 g/mol. The highest BCUT2D eigenvalue weighted by Gasteiger charge is 2.28. The van der Waals surface area contributed by atoms with Crippen molar-refractivity contribution in [1.82, 2.24) is 10.0 Å². The molecule has 0 aromatic heterocycles. The summed E-state index contributed by atoms with van der Waals surface area (Å²) in [5, 5.41) is 3.27. The van der Waals surface area contributed by atoms with E-state index in [0.717, 1.165) is 16.7 Å². The van der Waals surface area contributed by atoms with Gasteiger partial charge in [-0.15, -0.1) is 0 Å². The van der Waals surface area contributed by atoms with E-state index in [4.69, 9.17) is 0 Å². The molecule has 0 radical (unpaired) electrons. The van der Waals surface area contributed by atoms with Crippen LogP contribution in [0.1, 0.15) is 28.8 Å². The molecule has 0 bridgehead atoms. The van der Waals surface area contributed by atoms with Crippen molar-refractivity contribution < 1.29 is 8.42 Å². The molecule has 2 atom stereocenters. The number of hydrogen-bond acceptors (Lipinski definition) is 3. The molecule has 0 fully saturated rings. The predicted molar refractivity (Wildman–Crippen MR) is 109 cm³/mol. The summed E-state index contributed by atoms with van der Waals surface area (Å²) in [5.41, 5.74) is 2.93. The first-order valence-corrected chi connectivity index (χ1v) is 10.4. The fourth-order valence-corrected chi connectivity index (χ4v) is 4.36. The molecule has 3 rings (SSSR count). The van der Waals surface area contributed by atoms with Gasteiger partial charge in [0.05, 0.1) is 17.0 Å². The van der Waals surface area contributed by atoms with E-state index in [-0.39, 0.29) is 10.9 Å². The molecule has 0 heterocycles. The fourth-order valence-electron chi connectivity index (χ4n) is 3.13. The smallest absolute Gasteiger partial charge is 0.241 e. The van der Waals surface area contributed by atoms with E-state index in [1.807, 2.05) is 74.6 Å². The Labute approximate surface area is 161 Å². The van der Waals surface area contributed by atoms with Crippen LogP contribution in [0.15, 0.2) is 89.8 Å². The Morgan fingerprint density at radius 2 is 1.19 bits per heavy atom. The van der Waals surface area contributed by atoms with Gasteiger partial charge in [-0.25, -0.2) is 13.1 Å². The Bertz CT molecular complexity index is 956. The second-order valence-electron chi connectivity index (χ2n) is 6.50. The van der Waals surface area contributed by atoms with Gasteiger partial charge in [0, 0.05) is 0 Å². The lowest BCUT2D eigenvalue weighted by Crippen LogP contribution is -2.37. The van der Waals surface area contributed by atoms with Crippen LogP contribution in [0.2, 0.25) is 0 Å². The first kappa shape index (κ1) is 19.3. The maximum atomic E-state index is 13.0. The summed E-state index contributed by atoms with van der Waals surface area (Å²) >= 11 is 0. The Kier molecular flexibility index (Phi) is 6.06. The van der Waals surface area contributed by atoms with E-state index in [1.165, 1.54) is 0 Å². The van der Waals surface area contributed by atoms with Crippen molar-refractivity contribution in [1.29, 1.82) is 0 Å². The van der Waals surface area contributed by atoms with Gasteiger partial charge in [0.1, 0.15) is 0 Å². The summed E-state index contributed by atoms with van der Waals surface area (Å²) in [6, 6.07) is 25.7. The number of benzene rings is 3. The zero-order valence-electron chi connectivity index (χ0n) is 15.5. The van der Waals surface area contributed by atoms with E-state index in [9.17, 15) is 8.42 Å². The van der Waals surface area contributed by atoms with Crippen molar-refractivity contribution in [3.05, 3.63) is 102 Å². The first-order chi connectivity index (χ1) is 13.0. The average molecular weight is 381 g/mol. The van der Waals surface area contributed by atoms with Crippen LogP contribution < -0.4 is 10.0 Å². The molecule has 0 saturated heterocycles. The SMILES string of the molecule is CN[C@H](c1ccccc1)C(NS(=O)(=O)c1ccc(C)cc1)c1ccccc1. The van der Waals surface area contributed by atoms with E-state index in [0.29, 0.717) is 0 Å². The van der Waals surface area contributed by atoms with Crippen LogP contribution in [0.25, 0.3) is 0 Å². The summed E-state index contributed by atoms with van der Waals surface area (Å²) in [6.07, 6.45) is 0. The second-order valence-corrected chi connectivity index (χ2v) is 8.21. The molecule has 3 aromatic carbocycles. The first-order valence-electron chi connectivity index (χ1n) is 8.87. The molecule has 5 heteroatoms. The third-order valence-electron chi connectivity index (χ3n) is 4.58. The number of sulfonamides is 1. The van der Waals surface area contributed by atoms with Crippen LogP contribution in [-0.2, 0) is 10.0 Å². The lowest BCUT2D eigenvalue weighted by atomic mass is 9.94. The molecule has 27 heavy (non-hydrogen) atoms. The third-order valence-corrected chi connectivity index (χ3v) is 6.03. The molecule has 0 spiro atoms. The van der Waals surface area contributed by atoms with E-state index >= 15 is 0 Å². The van der Waals surface area contributed by atoms with Gasteiger partial charge in [-0.05, 0) is 37.2 Å². The summed E-state index contributed by atoms with van der Waals surface area (Å²) in [4.78, 5) is 0.261. The van der Waals surface area contributed by atoms with Gasteiger partial charge in [0.25, 0.3) is 0 Å². The van der Waals surface area contributed by atoms with Crippen molar-refractivity contribution in [3.8, 4) is 0 Å². The molecular formula is C22H24N2O2S. The van der Waals surface area contributed by atoms with Crippen molar-refractivity contribution in [2.45, 2.75) is 23.9 Å². The van der Waals surface area contributed by atoms with Crippen LogP contribution in [0, 0.1) is 6.92 Å². The fraction of sp³-hybridized carbons (Fsp3) is 0.182. The van der Waals surface area contributed by atoms with Crippen LogP contribution in [0.4, 0.5) is 0 Å². The zero-order valence-corrected chi connectivity index (χ0v) is 16.3. The number of rotatable bonds is 7. The predicted octanol–water partition coefficient (Wildman–Crippen LogP) is 3.98. The highest BCUT2D eigenvalue weighted by molar-refractivity contribution is 7.89. The van der Waals surface area contributed by atoms with Gasteiger partial charge >= 0.3 is 0 Å². The van der Waals surface area contributed by atoms with Crippen molar-refractivity contribution in [2.24, 2.45) is 0 Å². The average Bonchev–Trinajstić information content (AvgIpc) is 2.69. The van der Waals surface area contributed by atoms with Gasteiger partial charge in [-0.3, -0.25) is 0 Å².